The third-order valence-electron chi connectivity index (χ3n) is 4.05. The highest BCUT2D eigenvalue weighted by molar-refractivity contribution is 5.70. The molecule has 3 unspecified atom stereocenters. The van der Waals surface area contributed by atoms with E-state index in [9.17, 15) is 4.79 Å². The summed E-state index contributed by atoms with van der Waals surface area (Å²) in [4.78, 5) is 25.8. The first-order chi connectivity index (χ1) is 8.70. The maximum atomic E-state index is 11.7. The van der Waals surface area contributed by atoms with Crippen LogP contribution in [-0.4, -0.2) is 32.0 Å². The van der Waals surface area contributed by atoms with Gasteiger partial charge in [0.05, 0.1) is 0 Å². The summed E-state index contributed by atoms with van der Waals surface area (Å²) in [6.07, 6.45) is 3.50. The minimum Gasteiger partial charge on any atom is -0.369 e. The van der Waals surface area contributed by atoms with Crippen LogP contribution in [0.3, 0.4) is 0 Å². The number of nitrogens with one attached hydrogen (secondary N) is 3. The van der Waals surface area contributed by atoms with E-state index in [-0.39, 0.29) is 11.5 Å². The van der Waals surface area contributed by atoms with Crippen molar-refractivity contribution >= 4 is 17.1 Å². The molecule has 2 fully saturated rings. The summed E-state index contributed by atoms with van der Waals surface area (Å²) in [5.41, 5.74) is 6.09. The van der Waals surface area contributed by atoms with E-state index in [0.717, 1.165) is 12.2 Å². The second kappa shape index (κ2) is 3.32. The van der Waals surface area contributed by atoms with Crippen LogP contribution < -0.4 is 16.6 Å². The highest BCUT2D eigenvalue weighted by atomic mass is 16.1. The highest BCUT2D eigenvalue weighted by Gasteiger charge is 2.41. The molecule has 7 nitrogen and oxygen atoms in total. The summed E-state index contributed by atoms with van der Waals surface area (Å²) in [5, 5.41) is 3.56. The lowest BCUT2D eigenvalue weighted by molar-refractivity contribution is 0.490. The molecule has 0 amide bonds. The van der Waals surface area contributed by atoms with Gasteiger partial charge in [0, 0.05) is 18.0 Å². The number of nitrogens with zero attached hydrogens (tertiary/aromatic N) is 2. The van der Waals surface area contributed by atoms with Gasteiger partial charge < -0.3 is 16.0 Å². The van der Waals surface area contributed by atoms with Gasteiger partial charge in [-0.2, -0.15) is 4.98 Å². The Hall–Kier alpha value is -1.89. The van der Waals surface area contributed by atoms with Crippen LogP contribution in [0.25, 0.3) is 11.2 Å². The van der Waals surface area contributed by atoms with E-state index in [4.69, 9.17) is 5.73 Å². The first kappa shape index (κ1) is 10.1. The Morgan fingerprint density at radius 1 is 1.22 bits per heavy atom. The van der Waals surface area contributed by atoms with Gasteiger partial charge in [-0.05, 0) is 19.3 Å². The maximum Gasteiger partial charge on any atom is 0.278 e. The van der Waals surface area contributed by atoms with Crippen LogP contribution in [-0.2, 0) is 0 Å². The number of fused-ring (bicyclic) bond motifs is 3. The molecule has 2 aromatic heterocycles. The molecule has 2 aromatic rings. The number of aromatic nitrogens is 4. The van der Waals surface area contributed by atoms with Crippen molar-refractivity contribution < 1.29 is 0 Å². The number of hydrogen-bond acceptors (Lipinski definition) is 5. The van der Waals surface area contributed by atoms with Crippen LogP contribution in [0, 0.1) is 0 Å². The van der Waals surface area contributed by atoms with Gasteiger partial charge in [-0.15, -0.1) is 0 Å². The number of rotatable bonds is 1. The van der Waals surface area contributed by atoms with Crippen molar-refractivity contribution in [1.29, 1.82) is 0 Å². The summed E-state index contributed by atoms with van der Waals surface area (Å²) in [6, 6.07) is 1.08. The molecule has 0 radical (unpaired) electrons. The number of H-pyrrole nitrogens is 2. The largest absolute Gasteiger partial charge is 0.369 e. The van der Waals surface area contributed by atoms with E-state index in [1.807, 2.05) is 0 Å². The Bertz CT molecular complexity index is 674. The number of aromatic amines is 2. The first-order valence-electron chi connectivity index (χ1n) is 6.22. The Balaban J connectivity index is 1.82. The lowest BCUT2D eigenvalue weighted by Gasteiger charge is -2.17. The van der Waals surface area contributed by atoms with Gasteiger partial charge in [0.25, 0.3) is 5.56 Å². The predicted molar refractivity (Wildman–Crippen MR) is 66.2 cm³/mol. The molecule has 7 heteroatoms. The lowest BCUT2D eigenvalue weighted by Crippen LogP contribution is -2.22. The van der Waals surface area contributed by atoms with Gasteiger partial charge in [-0.1, -0.05) is 0 Å². The van der Waals surface area contributed by atoms with Crippen LogP contribution in [0.4, 0.5) is 5.95 Å². The quantitative estimate of drug-likeness (QED) is 0.558. The summed E-state index contributed by atoms with van der Waals surface area (Å²) in [5.74, 6) is 1.32. The Kier molecular flexibility index (Phi) is 1.86. The number of hydrogen-bond donors (Lipinski definition) is 4. The van der Waals surface area contributed by atoms with E-state index in [2.05, 4.69) is 25.3 Å². The van der Waals surface area contributed by atoms with Crippen molar-refractivity contribution in [3.05, 3.63) is 16.2 Å². The van der Waals surface area contributed by atoms with Gasteiger partial charge in [-0.25, -0.2) is 4.98 Å². The smallest absolute Gasteiger partial charge is 0.278 e. The number of imidazole rings is 1. The molecule has 2 bridgehead atoms. The van der Waals surface area contributed by atoms with Gasteiger partial charge in [0.1, 0.15) is 5.82 Å². The van der Waals surface area contributed by atoms with Crippen LogP contribution in [0.15, 0.2) is 4.79 Å². The van der Waals surface area contributed by atoms with Crippen molar-refractivity contribution in [3.8, 4) is 0 Å². The van der Waals surface area contributed by atoms with Crippen LogP contribution in [0.1, 0.15) is 31.0 Å². The zero-order valence-corrected chi connectivity index (χ0v) is 9.73. The standard InChI is InChI=1S/C11H14N6O/c12-11-16-9-7(10(18)17-11)14-8(15-9)5-3-4-1-2-6(5)13-4/h4-6,13H,1-3H2,(H4,12,14,15,16,17,18). The van der Waals surface area contributed by atoms with E-state index < -0.39 is 0 Å². The molecule has 0 saturated carbocycles. The number of nitrogens with two attached hydrogens (primary N) is 1. The van der Waals surface area contributed by atoms with E-state index in [0.29, 0.717) is 29.2 Å². The van der Waals surface area contributed by atoms with Gasteiger partial charge >= 0.3 is 0 Å². The highest BCUT2D eigenvalue weighted by Crippen LogP contribution is 2.38. The van der Waals surface area contributed by atoms with Crippen molar-refractivity contribution in [3.63, 3.8) is 0 Å². The molecule has 5 N–H and O–H groups in total. The Morgan fingerprint density at radius 2 is 2.11 bits per heavy atom. The van der Waals surface area contributed by atoms with Crippen LogP contribution in [0.2, 0.25) is 0 Å². The summed E-state index contributed by atoms with van der Waals surface area (Å²) in [7, 11) is 0. The molecule has 4 rings (SSSR count). The van der Waals surface area contributed by atoms with Crippen LogP contribution in [0.5, 0.6) is 0 Å². The normalized spacial score (nSPS) is 30.3. The Labute approximate surface area is 102 Å². The molecule has 94 valence electrons. The van der Waals surface area contributed by atoms with Gasteiger partial charge in [-0.3, -0.25) is 9.78 Å². The predicted octanol–water partition coefficient (Wildman–Crippen LogP) is -0.164. The van der Waals surface area contributed by atoms with Crippen molar-refractivity contribution in [2.45, 2.75) is 37.3 Å². The van der Waals surface area contributed by atoms with Crippen molar-refractivity contribution in [2.24, 2.45) is 0 Å². The summed E-state index contributed by atoms with van der Waals surface area (Å²) < 4.78 is 0. The minimum atomic E-state index is -0.257. The summed E-state index contributed by atoms with van der Waals surface area (Å²) >= 11 is 0. The average molecular weight is 246 g/mol. The molecular formula is C11H14N6O. The van der Waals surface area contributed by atoms with Crippen molar-refractivity contribution in [2.75, 3.05) is 5.73 Å². The average Bonchev–Trinajstić information content (AvgIpc) is 3.01. The molecular weight excluding hydrogens is 232 g/mol. The monoisotopic (exact) mass is 246 g/mol. The molecule has 0 aromatic carbocycles. The van der Waals surface area contributed by atoms with E-state index in [1.54, 1.807) is 0 Å². The zero-order chi connectivity index (χ0) is 12.3. The van der Waals surface area contributed by atoms with E-state index in [1.165, 1.54) is 12.8 Å². The molecule has 3 atom stereocenters. The molecule has 2 aliphatic rings. The van der Waals surface area contributed by atoms with Gasteiger partial charge in [0.2, 0.25) is 5.95 Å². The fourth-order valence-electron chi connectivity index (χ4n) is 3.24. The molecule has 0 spiro atoms. The number of anilines is 1. The fourth-order valence-corrected chi connectivity index (χ4v) is 3.24. The van der Waals surface area contributed by atoms with E-state index >= 15 is 0 Å². The first-order valence-corrected chi connectivity index (χ1v) is 6.22. The molecule has 2 saturated heterocycles. The summed E-state index contributed by atoms with van der Waals surface area (Å²) in [6.45, 7) is 0. The van der Waals surface area contributed by atoms with Crippen molar-refractivity contribution in [1.82, 2.24) is 25.3 Å². The second-order valence-corrected chi connectivity index (χ2v) is 5.16. The topological polar surface area (TPSA) is 112 Å². The third-order valence-corrected chi connectivity index (χ3v) is 4.05. The zero-order valence-electron chi connectivity index (χ0n) is 9.73. The molecule has 4 heterocycles. The SMILES string of the molecule is Nc1nc2nc(C3CC4CCC3N4)[nH]c2c(=O)[nH]1. The lowest BCUT2D eigenvalue weighted by atomic mass is 9.89. The third kappa shape index (κ3) is 1.30. The second-order valence-electron chi connectivity index (χ2n) is 5.16. The molecule has 0 aliphatic carbocycles. The van der Waals surface area contributed by atoms with Gasteiger partial charge in [0.15, 0.2) is 11.2 Å². The molecule has 18 heavy (non-hydrogen) atoms. The maximum absolute atomic E-state index is 11.7. The number of nitrogen functional groups attached to an aromatic ring is 1. The fraction of sp³-hybridized carbons (Fsp3) is 0.545. The molecule has 2 aliphatic heterocycles. The van der Waals surface area contributed by atoms with Crippen LogP contribution >= 0.6 is 0 Å². The minimum absolute atomic E-state index is 0.108. The Morgan fingerprint density at radius 3 is 2.83 bits per heavy atom.